The highest BCUT2D eigenvalue weighted by Gasteiger charge is 2.45. The number of rotatable bonds is 2. The van der Waals surface area contributed by atoms with Gasteiger partial charge in [-0.2, -0.15) is 0 Å². The van der Waals surface area contributed by atoms with Crippen molar-refractivity contribution in [3.05, 3.63) is 144 Å². The highest BCUT2D eigenvalue weighted by Crippen LogP contribution is 2.50. The molecule has 9 aromatic rings. The summed E-state index contributed by atoms with van der Waals surface area (Å²) >= 11 is 0. The molecule has 4 heterocycles. The third kappa shape index (κ3) is 4.16. The van der Waals surface area contributed by atoms with E-state index in [1.165, 1.54) is 95.5 Å². The molecule has 0 saturated carbocycles. The monoisotopic (exact) mass is 709 g/mol. The average Bonchev–Trinajstić information content (AvgIpc) is 3.77. The molecule has 0 amide bonds. The maximum atomic E-state index is 6.63. The molecule has 5 heteroatoms. The lowest BCUT2D eigenvalue weighted by atomic mass is 9.43. The summed E-state index contributed by atoms with van der Waals surface area (Å²) in [4.78, 5) is 7.79. The van der Waals surface area contributed by atoms with Crippen molar-refractivity contribution in [1.82, 2.24) is 9.55 Å². The smallest absolute Gasteiger partial charge is 0.333 e. The van der Waals surface area contributed by atoms with Gasteiger partial charge in [0.05, 0.1) is 11.0 Å². The van der Waals surface area contributed by atoms with Crippen LogP contribution in [0.2, 0.25) is 0 Å². The second-order valence-electron chi connectivity index (χ2n) is 17.5. The predicted octanol–water partition coefficient (Wildman–Crippen LogP) is 11.6. The van der Waals surface area contributed by atoms with Crippen LogP contribution in [0.1, 0.15) is 57.2 Å². The number of hydrogen-bond acceptors (Lipinski definition) is 3. The van der Waals surface area contributed by atoms with Crippen LogP contribution in [0.25, 0.3) is 71.9 Å². The third-order valence-corrected chi connectivity index (χ3v) is 13.3. The summed E-state index contributed by atoms with van der Waals surface area (Å²) in [5.41, 5.74) is 18.4. The van der Waals surface area contributed by atoms with Crippen LogP contribution in [-0.4, -0.2) is 16.4 Å². The van der Waals surface area contributed by atoms with Crippen LogP contribution in [0.4, 0.5) is 11.4 Å². The number of para-hydroxylation sites is 1. The first-order chi connectivity index (χ1) is 26.7. The van der Waals surface area contributed by atoms with Gasteiger partial charge in [-0.15, -0.1) is 0 Å². The number of hydrogen-bond donors (Lipinski definition) is 0. The Morgan fingerprint density at radius 1 is 0.673 bits per heavy atom. The molecule has 0 spiro atoms. The second kappa shape index (κ2) is 10.6. The summed E-state index contributed by atoms with van der Waals surface area (Å²) in [5, 5.41) is 5.10. The zero-order valence-electron chi connectivity index (χ0n) is 31.9. The van der Waals surface area contributed by atoms with Crippen molar-refractivity contribution in [2.24, 2.45) is 0 Å². The minimum absolute atomic E-state index is 0.0814. The zero-order valence-corrected chi connectivity index (χ0v) is 31.9. The van der Waals surface area contributed by atoms with E-state index in [0.717, 1.165) is 22.4 Å². The van der Waals surface area contributed by atoms with Gasteiger partial charge in [0.25, 0.3) is 0 Å². The van der Waals surface area contributed by atoms with Crippen molar-refractivity contribution in [2.75, 3.05) is 4.81 Å². The first-order valence-electron chi connectivity index (χ1n) is 19.7. The Hall–Kier alpha value is -6.07. The molecule has 0 unspecified atom stereocenters. The Bertz CT molecular complexity index is 3130. The van der Waals surface area contributed by atoms with Gasteiger partial charge >= 0.3 is 6.85 Å². The summed E-state index contributed by atoms with van der Waals surface area (Å²) in [6.07, 6.45) is 2.36. The summed E-state index contributed by atoms with van der Waals surface area (Å²) in [7, 11) is 0. The minimum atomic E-state index is -0.0896. The van der Waals surface area contributed by atoms with Crippen molar-refractivity contribution < 1.29 is 4.42 Å². The van der Waals surface area contributed by atoms with E-state index in [9.17, 15) is 0 Å². The van der Waals surface area contributed by atoms with Crippen LogP contribution < -0.4 is 15.7 Å². The summed E-state index contributed by atoms with van der Waals surface area (Å²) < 4.78 is 9.17. The summed E-state index contributed by atoms with van der Waals surface area (Å²) in [6, 6.07) is 47.3. The number of anilines is 2. The molecule has 0 bridgehead atoms. The van der Waals surface area contributed by atoms with Crippen LogP contribution in [-0.2, 0) is 10.8 Å². The van der Waals surface area contributed by atoms with Gasteiger partial charge in [0, 0.05) is 45.0 Å². The molecule has 55 heavy (non-hydrogen) atoms. The fourth-order valence-corrected chi connectivity index (χ4v) is 10.5. The lowest BCUT2D eigenvalue weighted by molar-refractivity contribution is 0.332. The molecule has 0 fully saturated rings. The predicted molar refractivity (Wildman–Crippen MR) is 230 cm³/mol. The van der Waals surface area contributed by atoms with E-state index in [1.807, 2.05) is 18.2 Å². The minimum Gasteiger partial charge on any atom is -0.436 e. The molecule has 7 aromatic carbocycles. The van der Waals surface area contributed by atoms with Crippen molar-refractivity contribution in [3.8, 4) is 28.3 Å². The van der Waals surface area contributed by atoms with Crippen molar-refractivity contribution in [3.63, 3.8) is 0 Å². The van der Waals surface area contributed by atoms with Gasteiger partial charge < -0.3 is 13.8 Å². The number of benzene rings is 7. The molecule has 2 aliphatic heterocycles. The molecule has 0 radical (unpaired) electrons. The van der Waals surface area contributed by atoms with E-state index in [0.29, 0.717) is 5.89 Å². The van der Waals surface area contributed by atoms with E-state index in [1.54, 1.807) is 0 Å². The quantitative estimate of drug-likeness (QED) is 0.168. The number of aryl methyl sites for hydroxylation is 1. The Kier molecular flexibility index (Phi) is 6.02. The maximum absolute atomic E-state index is 6.63. The van der Waals surface area contributed by atoms with Crippen LogP contribution in [0.5, 0.6) is 0 Å². The molecule has 1 aliphatic carbocycles. The summed E-state index contributed by atoms with van der Waals surface area (Å²) in [6.45, 7) is 11.9. The zero-order chi connectivity index (χ0) is 37.0. The lowest BCUT2D eigenvalue weighted by Gasteiger charge is -2.45. The largest absolute Gasteiger partial charge is 0.436 e. The van der Waals surface area contributed by atoms with Crippen LogP contribution in [0, 0.1) is 6.92 Å². The van der Waals surface area contributed by atoms with E-state index in [-0.39, 0.29) is 17.7 Å². The van der Waals surface area contributed by atoms with Crippen LogP contribution >= 0.6 is 0 Å². The Balaban J connectivity index is 1.23. The van der Waals surface area contributed by atoms with Crippen LogP contribution in [0.15, 0.2) is 132 Å². The molecule has 0 N–H and O–H groups in total. The van der Waals surface area contributed by atoms with Gasteiger partial charge in [-0.05, 0) is 123 Å². The summed E-state index contributed by atoms with van der Waals surface area (Å²) in [5.74, 6) is 0.644. The molecule has 12 rings (SSSR count). The normalized spacial score (nSPS) is 16.2. The highest BCUT2D eigenvalue weighted by atomic mass is 16.3. The SMILES string of the molecule is Cc1cc2c3c4c1c1cc5ccccc5cc1n4-c1cc4oc(-c5ccccc5)nc4cc1B3N(c1ccc3c(c1)C(C)(C)CCC3(C)C)c1ccccc1-2. The van der Waals surface area contributed by atoms with Gasteiger partial charge in [-0.3, -0.25) is 0 Å². The highest BCUT2D eigenvalue weighted by molar-refractivity contribution is 6.93. The molecule has 0 atom stereocenters. The van der Waals surface area contributed by atoms with Gasteiger partial charge in [-0.25, -0.2) is 4.98 Å². The van der Waals surface area contributed by atoms with Crippen molar-refractivity contribution in [1.29, 1.82) is 0 Å². The maximum Gasteiger partial charge on any atom is 0.333 e. The van der Waals surface area contributed by atoms with Gasteiger partial charge in [-0.1, -0.05) is 100 Å². The molecule has 264 valence electrons. The first-order valence-corrected chi connectivity index (χ1v) is 19.7. The van der Waals surface area contributed by atoms with E-state index < -0.39 is 0 Å². The molecule has 2 aromatic heterocycles. The number of aromatic nitrogens is 2. The fourth-order valence-electron chi connectivity index (χ4n) is 10.5. The standard InChI is InChI=1S/C50H40BN3O/c1-29-23-35-34-17-11-12-18-41(34)54(33-19-20-37-38(26-33)50(4,5)22-21-49(37,2)3)51-39-27-40-44(55-48(52-40)30-13-7-6-8-14-30)28-43(39)53-42-25-32-16-10-9-15-31(32)24-36(42)45(29)47(53)46(35)51/h6-20,23-28H,21-22H2,1-5H3. The topological polar surface area (TPSA) is 34.2 Å². The Morgan fingerprint density at radius 2 is 1.40 bits per heavy atom. The molecule has 0 saturated heterocycles. The van der Waals surface area contributed by atoms with E-state index in [4.69, 9.17) is 9.40 Å². The average molecular weight is 710 g/mol. The van der Waals surface area contributed by atoms with E-state index >= 15 is 0 Å². The number of nitrogens with zero attached hydrogens (tertiary/aromatic N) is 3. The van der Waals surface area contributed by atoms with Gasteiger partial charge in [0.1, 0.15) is 5.52 Å². The van der Waals surface area contributed by atoms with Gasteiger partial charge in [0.2, 0.25) is 5.89 Å². The van der Waals surface area contributed by atoms with E-state index in [2.05, 4.69) is 153 Å². The molecular weight excluding hydrogens is 669 g/mol. The molecule has 4 nitrogen and oxygen atoms in total. The molecular formula is C50H40BN3O. The second-order valence-corrected chi connectivity index (χ2v) is 17.5. The molecule has 3 aliphatic rings. The van der Waals surface area contributed by atoms with Gasteiger partial charge in [0.15, 0.2) is 5.58 Å². The first kappa shape index (κ1) is 31.3. The van der Waals surface area contributed by atoms with Crippen LogP contribution in [0.3, 0.4) is 0 Å². The number of oxazole rings is 1. The van der Waals surface area contributed by atoms with Crippen molar-refractivity contribution >= 4 is 72.8 Å². The Morgan fingerprint density at radius 3 is 2.22 bits per heavy atom. The third-order valence-electron chi connectivity index (χ3n) is 13.3. The Labute approximate surface area is 321 Å². The number of fused-ring (bicyclic) bond motifs is 11. The van der Waals surface area contributed by atoms with Crippen molar-refractivity contribution in [2.45, 2.75) is 58.3 Å². The lowest BCUT2D eigenvalue weighted by Crippen LogP contribution is -2.60. The fraction of sp³-hybridized carbons (Fsp3) is 0.180.